The van der Waals surface area contributed by atoms with E-state index in [0.29, 0.717) is 0 Å². The summed E-state index contributed by atoms with van der Waals surface area (Å²) in [5.74, 6) is -1.60. The second-order valence-corrected chi connectivity index (χ2v) is 2.53. The van der Waals surface area contributed by atoms with Gasteiger partial charge < -0.3 is 9.84 Å². The first-order chi connectivity index (χ1) is 6.37. The van der Waals surface area contributed by atoms with Gasteiger partial charge in [0.1, 0.15) is 0 Å². The van der Waals surface area contributed by atoms with Crippen LogP contribution in [-0.4, -0.2) is 23.9 Å². The predicted octanol–water partition coefficient (Wildman–Crippen LogP) is 2.33. The molecule has 0 amide bonds. The van der Waals surface area contributed by atoms with E-state index in [1.54, 1.807) is 0 Å². The zero-order valence-corrected chi connectivity index (χ0v) is 7.60. The number of esters is 1. The highest BCUT2D eigenvalue weighted by Crippen LogP contribution is 2.21. The van der Waals surface area contributed by atoms with Crippen molar-refractivity contribution in [3.8, 4) is 0 Å². The lowest BCUT2D eigenvalue weighted by molar-refractivity contribution is -0.149. The Bertz CT molecular complexity index is 220. The lowest BCUT2D eigenvalue weighted by atomic mass is 10.3. The summed E-state index contributed by atoms with van der Waals surface area (Å²) in [6.07, 6.45) is -4.44. The number of ether oxygens (including phenoxy) is 1. The van der Waals surface area contributed by atoms with E-state index in [9.17, 15) is 18.0 Å². The van der Waals surface area contributed by atoms with E-state index in [0.717, 1.165) is 6.08 Å². The Hall–Kier alpha value is -1.20. The summed E-state index contributed by atoms with van der Waals surface area (Å²) >= 11 is 0. The first-order valence-electron chi connectivity index (χ1n) is 3.96. The quantitative estimate of drug-likeness (QED) is 0.336. The van der Waals surface area contributed by atoms with Crippen LogP contribution in [0.4, 0.5) is 13.2 Å². The summed E-state index contributed by atoms with van der Waals surface area (Å²) < 4.78 is 39.1. The van der Waals surface area contributed by atoms with Crippen LogP contribution in [0.2, 0.25) is 0 Å². The summed E-state index contributed by atoms with van der Waals surface area (Å²) in [4.78, 5) is 10.7. The van der Waals surface area contributed by atoms with E-state index in [2.05, 4.69) is 4.74 Å². The molecular weight excluding hydrogens is 201 g/mol. The summed E-state index contributed by atoms with van der Waals surface area (Å²) in [7, 11) is 0. The highest BCUT2D eigenvalue weighted by atomic mass is 19.4. The van der Waals surface area contributed by atoms with Crippen LogP contribution in [0.3, 0.4) is 0 Å². The van der Waals surface area contributed by atoms with Crippen LogP contribution in [0.15, 0.2) is 11.8 Å². The molecule has 0 heterocycles. The Labute approximate surface area is 79.2 Å². The van der Waals surface area contributed by atoms with Gasteiger partial charge in [0.15, 0.2) is 5.76 Å². The maximum Gasteiger partial charge on any atom is 0.389 e. The summed E-state index contributed by atoms with van der Waals surface area (Å²) in [6.45, 7) is 1.06. The van der Waals surface area contributed by atoms with Crippen molar-refractivity contribution in [1.82, 2.24) is 0 Å². The molecule has 0 rings (SSSR count). The second kappa shape index (κ2) is 5.51. The monoisotopic (exact) mass is 212 g/mol. The molecule has 1 N–H and O–H groups in total. The van der Waals surface area contributed by atoms with Gasteiger partial charge in [-0.3, -0.25) is 0 Å². The van der Waals surface area contributed by atoms with Crippen molar-refractivity contribution < 1.29 is 27.8 Å². The lowest BCUT2D eigenvalue weighted by Crippen LogP contribution is -2.12. The molecule has 3 nitrogen and oxygen atoms in total. The van der Waals surface area contributed by atoms with Crippen molar-refractivity contribution in [1.29, 1.82) is 0 Å². The average Bonchev–Trinajstić information content (AvgIpc) is 2.09. The molecule has 0 aliphatic heterocycles. The SMILES string of the molecule is CC=C(O)C(=O)OCCCC(F)(F)F. The zero-order chi connectivity index (χ0) is 11.2. The Morgan fingerprint density at radius 3 is 2.50 bits per heavy atom. The van der Waals surface area contributed by atoms with Crippen molar-refractivity contribution in [3.05, 3.63) is 11.8 Å². The Balaban J connectivity index is 3.61. The van der Waals surface area contributed by atoms with Crippen LogP contribution in [0.1, 0.15) is 19.8 Å². The van der Waals surface area contributed by atoms with E-state index < -0.39 is 24.3 Å². The van der Waals surface area contributed by atoms with Crippen LogP contribution in [0, 0.1) is 0 Å². The van der Waals surface area contributed by atoms with Gasteiger partial charge in [0.05, 0.1) is 6.61 Å². The number of alkyl halides is 3. The first-order valence-corrected chi connectivity index (χ1v) is 3.96. The standard InChI is InChI=1S/C8H11F3O3/c1-2-6(12)7(13)14-5-3-4-8(9,10)11/h2,12H,3-5H2,1H3. The number of aliphatic hydroxyl groups excluding tert-OH is 1. The highest BCUT2D eigenvalue weighted by molar-refractivity contribution is 5.85. The summed E-state index contributed by atoms with van der Waals surface area (Å²) in [6, 6.07) is 0. The molecule has 0 fully saturated rings. The van der Waals surface area contributed by atoms with Crippen LogP contribution in [0.25, 0.3) is 0 Å². The number of carbonyl (C=O) groups excluding carboxylic acids is 1. The van der Waals surface area contributed by atoms with E-state index in [4.69, 9.17) is 5.11 Å². The second-order valence-electron chi connectivity index (χ2n) is 2.53. The molecule has 0 saturated carbocycles. The fraction of sp³-hybridized carbons (Fsp3) is 0.625. The molecule has 0 spiro atoms. The van der Waals surface area contributed by atoms with Crippen molar-refractivity contribution >= 4 is 5.97 Å². The third kappa shape index (κ3) is 6.33. The van der Waals surface area contributed by atoms with Crippen LogP contribution < -0.4 is 0 Å². The molecule has 0 bridgehead atoms. The third-order valence-corrected chi connectivity index (χ3v) is 1.32. The van der Waals surface area contributed by atoms with E-state index in [-0.39, 0.29) is 13.0 Å². The fourth-order valence-electron chi connectivity index (χ4n) is 0.629. The van der Waals surface area contributed by atoms with E-state index >= 15 is 0 Å². The molecule has 82 valence electrons. The normalized spacial score (nSPS) is 12.7. The maximum absolute atomic E-state index is 11.6. The molecule has 0 aromatic heterocycles. The molecule has 14 heavy (non-hydrogen) atoms. The Kier molecular flexibility index (Phi) is 5.04. The van der Waals surface area contributed by atoms with Gasteiger partial charge in [0.25, 0.3) is 0 Å². The van der Waals surface area contributed by atoms with Gasteiger partial charge in [-0.05, 0) is 19.4 Å². The molecule has 0 aromatic carbocycles. The maximum atomic E-state index is 11.6. The predicted molar refractivity (Wildman–Crippen MR) is 42.6 cm³/mol. The van der Waals surface area contributed by atoms with Gasteiger partial charge in [0.2, 0.25) is 0 Å². The Morgan fingerprint density at radius 1 is 1.50 bits per heavy atom. The number of rotatable bonds is 4. The molecule has 6 heteroatoms. The van der Waals surface area contributed by atoms with Gasteiger partial charge >= 0.3 is 12.1 Å². The van der Waals surface area contributed by atoms with Crippen molar-refractivity contribution in [2.24, 2.45) is 0 Å². The molecule has 0 aliphatic rings. The molecule has 0 atom stereocenters. The molecule has 0 aromatic rings. The van der Waals surface area contributed by atoms with Gasteiger partial charge in [-0.25, -0.2) is 4.79 Å². The van der Waals surface area contributed by atoms with Crippen LogP contribution >= 0.6 is 0 Å². The number of hydrogen-bond donors (Lipinski definition) is 1. The molecular formula is C8H11F3O3. The minimum absolute atomic E-state index is 0.299. The van der Waals surface area contributed by atoms with Crippen LogP contribution in [-0.2, 0) is 9.53 Å². The number of carbonyl (C=O) groups is 1. The van der Waals surface area contributed by atoms with Crippen molar-refractivity contribution in [2.45, 2.75) is 25.9 Å². The zero-order valence-electron chi connectivity index (χ0n) is 7.60. The van der Waals surface area contributed by atoms with Gasteiger partial charge in [-0.2, -0.15) is 13.2 Å². The smallest absolute Gasteiger partial charge is 0.389 e. The Morgan fingerprint density at radius 2 is 2.07 bits per heavy atom. The minimum atomic E-state index is -4.24. The van der Waals surface area contributed by atoms with Gasteiger partial charge in [0, 0.05) is 6.42 Å². The molecule has 0 radical (unpaired) electrons. The lowest BCUT2D eigenvalue weighted by Gasteiger charge is -2.06. The fourth-order valence-corrected chi connectivity index (χ4v) is 0.629. The molecule has 0 unspecified atom stereocenters. The van der Waals surface area contributed by atoms with Gasteiger partial charge in [-0.1, -0.05) is 0 Å². The first kappa shape index (κ1) is 12.8. The average molecular weight is 212 g/mol. The largest absolute Gasteiger partial charge is 0.502 e. The summed E-state index contributed by atoms with van der Waals surface area (Å²) in [5.41, 5.74) is 0. The van der Waals surface area contributed by atoms with Crippen molar-refractivity contribution in [3.63, 3.8) is 0 Å². The van der Waals surface area contributed by atoms with E-state index in [1.807, 2.05) is 0 Å². The molecule has 0 aliphatic carbocycles. The minimum Gasteiger partial charge on any atom is -0.502 e. The highest BCUT2D eigenvalue weighted by Gasteiger charge is 2.26. The van der Waals surface area contributed by atoms with Crippen molar-refractivity contribution in [2.75, 3.05) is 6.61 Å². The third-order valence-electron chi connectivity index (χ3n) is 1.32. The number of aliphatic hydroxyl groups is 1. The topological polar surface area (TPSA) is 46.5 Å². The number of hydrogen-bond acceptors (Lipinski definition) is 3. The number of halogens is 3. The van der Waals surface area contributed by atoms with Gasteiger partial charge in [-0.15, -0.1) is 0 Å². The number of allylic oxidation sites excluding steroid dienone is 1. The molecule has 0 saturated heterocycles. The van der Waals surface area contributed by atoms with E-state index in [1.165, 1.54) is 6.92 Å². The van der Waals surface area contributed by atoms with Crippen LogP contribution in [0.5, 0.6) is 0 Å². The summed E-state index contributed by atoms with van der Waals surface area (Å²) in [5, 5.41) is 8.75.